The van der Waals surface area contributed by atoms with Gasteiger partial charge in [0.15, 0.2) is 6.20 Å². The first-order valence-electron chi connectivity index (χ1n) is 5.35. The predicted octanol–water partition coefficient (Wildman–Crippen LogP) is -1.27. The Hall–Kier alpha value is -1.62. The summed E-state index contributed by atoms with van der Waals surface area (Å²) in [7, 11) is 5.27. The van der Waals surface area contributed by atoms with Crippen LogP contribution in [0.25, 0.3) is 10.9 Å². The van der Waals surface area contributed by atoms with Crippen LogP contribution in [0.4, 0.5) is 4.79 Å². The molecule has 0 aliphatic carbocycles. The van der Waals surface area contributed by atoms with E-state index >= 15 is 0 Å². The molecule has 0 aliphatic rings. The molecule has 1 amide bonds. The van der Waals surface area contributed by atoms with Gasteiger partial charge in [0.05, 0.1) is 6.07 Å². The second-order valence-corrected chi connectivity index (χ2v) is 4.10. The lowest BCUT2D eigenvalue weighted by Gasteiger charge is -2.10. The van der Waals surface area contributed by atoms with E-state index in [0.717, 1.165) is 10.9 Å². The number of pyridine rings is 1. The van der Waals surface area contributed by atoms with Crippen LogP contribution in [-0.4, -0.2) is 25.1 Å². The van der Waals surface area contributed by atoms with Crippen molar-refractivity contribution in [2.75, 3.05) is 14.1 Å². The van der Waals surface area contributed by atoms with Crippen LogP contribution >= 0.6 is 0 Å². The predicted molar refractivity (Wildman–Crippen MR) is 64.8 cm³/mol. The standard InChI is InChI=1S/C13H15N2O2.BrH/c1-14(2)13(16)17-11-7-6-10-5-4-8-15(3)12(10)9-11;/h4-9H,1-3H3;1H/q+1;/p-1. The van der Waals surface area contributed by atoms with Gasteiger partial charge in [-0.2, -0.15) is 0 Å². The van der Waals surface area contributed by atoms with Gasteiger partial charge in [-0.15, -0.1) is 0 Å². The number of fused-ring (bicyclic) bond motifs is 1. The van der Waals surface area contributed by atoms with E-state index in [1.807, 2.05) is 42.1 Å². The van der Waals surface area contributed by atoms with Crippen molar-refractivity contribution >= 4 is 17.0 Å². The van der Waals surface area contributed by atoms with Gasteiger partial charge in [-0.1, -0.05) is 0 Å². The normalized spacial score (nSPS) is 9.72. The van der Waals surface area contributed by atoms with E-state index < -0.39 is 0 Å². The molecular weight excluding hydrogens is 296 g/mol. The third-order valence-electron chi connectivity index (χ3n) is 2.54. The van der Waals surface area contributed by atoms with E-state index in [4.69, 9.17) is 4.74 Å². The topological polar surface area (TPSA) is 33.4 Å². The Balaban J connectivity index is 0.00000162. The van der Waals surface area contributed by atoms with Crippen molar-refractivity contribution in [1.29, 1.82) is 0 Å². The van der Waals surface area contributed by atoms with Crippen molar-refractivity contribution in [2.45, 2.75) is 0 Å². The van der Waals surface area contributed by atoms with Crippen LogP contribution in [0.2, 0.25) is 0 Å². The largest absolute Gasteiger partial charge is 1.00 e. The fourth-order valence-corrected chi connectivity index (χ4v) is 1.58. The van der Waals surface area contributed by atoms with E-state index in [0.29, 0.717) is 5.75 Å². The van der Waals surface area contributed by atoms with E-state index in [2.05, 4.69) is 0 Å². The van der Waals surface area contributed by atoms with E-state index in [9.17, 15) is 4.79 Å². The number of carbonyl (C=O) groups is 1. The lowest BCUT2D eigenvalue weighted by atomic mass is 10.2. The Morgan fingerprint density at radius 1 is 1.28 bits per heavy atom. The third kappa shape index (κ3) is 2.98. The second kappa shape index (κ2) is 5.82. The molecule has 5 heteroatoms. The number of aromatic nitrogens is 1. The Bertz CT molecular complexity index is 570. The highest BCUT2D eigenvalue weighted by molar-refractivity contribution is 5.78. The summed E-state index contributed by atoms with van der Waals surface area (Å²) in [5, 5.41) is 1.11. The Morgan fingerprint density at radius 2 is 2.00 bits per heavy atom. The number of rotatable bonds is 1. The van der Waals surface area contributed by atoms with Crippen molar-refractivity contribution in [1.82, 2.24) is 4.90 Å². The van der Waals surface area contributed by atoms with Gasteiger partial charge in [-0.25, -0.2) is 9.36 Å². The van der Waals surface area contributed by atoms with Gasteiger partial charge in [0.25, 0.3) is 0 Å². The van der Waals surface area contributed by atoms with Crippen LogP contribution in [-0.2, 0) is 7.05 Å². The molecule has 18 heavy (non-hydrogen) atoms. The van der Waals surface area contributed by atoms with Gasteiger partial charge in [0, 0.05) is 25.5 Å². The Morgan fingerprint density at radius 3 is 2.67 bits per heavy atom. The Kier molecular flexibility index (Phi) is 4.67. The third-order valence-corrected chi connectivity index (χ3v) is 2.54. The molecule has 0 bridgehead atoms. The lowest BCUT2D eigenvalue weighted by molar-refractivity contribution is -0.644. The first-order chi connectivity index (χ1) is 8.08. The van der Waals surface area contributed by atoms with Gasteiger partial charge >= 0.3 is 6.09 Å². The lowest BCUT2D eigenvalue weighted by Crippen LogP contribution is -3.00. The number of benzene rings is 1. The SMILES string of the molecule is CN(C)C(=O)Oc1ccc2ccc[n+](C)c2c1.[Br-]. The number of nitrogens with zero attached hydrogens (tertiary/aromatic N) is 2. The summed E-state index contributed by atoms with van der Waals surface area (Å²) in [6.07, 6.45) is 1.59. The smallest absolute Gasteiger partial charge is 0.414 e. The van der Waals surface area contributed by atoms with E-state index in [1.165, 1.54) is 4.90 Å². The summed E-state index contributed by atoms with van der Waals surface area (Å²) in [6, 6.07) is 9.59. The highest BCUT2D eigenvalue weighted by Gasteiger charge is 2.10. The summed E-state index contributed by atoms with van der Waals surface area (Å²) in [5.41, 5.74) is 1.02. The van der Waals surface area contributed by atoms with Crippen LogP contribution in [0.15, 0.2) is 36.5 Å². The average molecular weight is 311 g/mol. The number of ether oxygens (including phenoxy) is 1. The van der Waals surface area contributed by atoms with Crippen molar-refractivity contribution in [3.63, 3.8) is 0 Å². The van der Waals surface area contributed by atoms with Gasteiger partial charge in [-0.3, -0.25) is 0 Å². The molecule has 0 saturated heterocycles. The fraction of sp³-hybridized carbons (Fsp3) is 0.231. The van der Waals surface area contributed by atoms with Crippen LogP contribution in [0.1, 0.15) is 0 Å². The molecule has 0 radical (unpaired) electrons. The molecular formula is C13H15BrN2O2. The van der Waals surface area contributed by atoms with Crippen LogP contribution in [0.5, 0.6) is 5.75 Å². The molecule has 0 spiro atoms. The molecule has 0 saturated carbocycles. The summed E-state index contributed by atoms with van der Waals surface area (Å²) >= 11 is 0. The van der Waals surface area contributed by atoms with E-state index in [-0.39, 0.29) is 23.1 Å². The number of amides is 1. The average Bonchev–Trinajstić information content (AvgIpc) is 2.30. The Labute approximate surface area is 117 Å². The summed E-state index contributed by atoms with van der Waals surface area (Å²) < 4.78 is 7.20. The minimum Gasteiger partial charge on any atom is -1.00 e. The summed E-state index contributed by atoms with van der Waals surface area (Å²) in [5.74, 6) is 0.554. The maximum atomic E-state index is 11.4. The number of halogens is 1. The molecule has 0 fully saturated rings. The number of aryl methyl sites for hydroxylation is 1. The minimum absolute atomic E-state index is 0. The molecule has 1 aromatic carbocycles. The minimum atomic E-state index is -0.372. The zero-order chi connectivity index (χ0) is 12.4. The van der Waals surface area contributed by atoms with Gasteiger partial charge < -0.3 is 26.6 Å². The molecule has 1 aromatic heterocycles. The quantitative estimate of drug-likeness (QED) is 0.615. The maximum absolute atomic E-state index is 11.4. The first-order valence-corrected chi connectivity index (χ1v) is 5.35. The molecule has 2 aromatic rings. The highest BCUT2D eigenvalue weighted by Crippen LogP contribution is 2.18. The number of hydrogen-bond acceptors (Lipinski definition) is 2. The molecule has 0 N–H and O–H groups in total. The molecule has 1 heterocycles. The van der Waals surface area contributed by atoms with Gasteiger partial charge in [0.2, 0.25) is 5.52 Å². The molecule has 0 aliphatic heterocycles. The zero-order valence-electron chi connectivity index (χ0n) is 10.6. The molecule has 0 atom stereocenters. The van der Waals surface area contributed by atoms with Crippen LogP contribution in [0.3, 0.4) is 0 Å². The van der Waals surface area contributed by atoms with Crippen molar-refractivity contribution in [2.24, 2.45) is 7.05 Å². The second-order valence-electron chi connectivity index (χ2n) is 4.10. The number of carbonyl (C=O) groups excluding carboxylic acids is 1. The monoisotopic (exact) mass is 310 g/mol. The summed E-state index contributed by atoms with van der Waals surface area (Å²) in [4.78, 5) is 12.8. The highest BCUT2D eigenvalue weighted by atomic mass is 79.9. The molecule has 4 nitrogen and oxygen atoms in total. The number of hydrogen-bond donors (Lipinski definition) is 0. The van der Waals surface area contributed by atoms with E-state index in [1.54, 1.807) is 20.2 Å². The van der Waals surface area contributed by atoms with Crippen LogP contribution in [0, 0.1) is 0 Å². The van der Waals surface area contributed by atoms with Crippen molar-refractivity contribution in [3.8, 4) is 5.75 Å². The van der Waals surface area contributed by atoms with Crippen molar-refractivity contribution < 1.29 is 31.1 Å². The fourth-order valence-electron chi connectivity index (χ4n) is 1.58. The van der Waals surface area contributed by atoms with Gasteiger partial charge in [0.1, 0.15) is 12.8 Å². The maximum Gasteiger partial charge on any atom is 0.414 e. The van der Waals surface area contributed by atoms with Gasteiger partial charge in [-0.05, 0) is 18.2 Å². The first kappa shape index (κ1) is 14.4. The van der Waals surface area contributed by atoms with Crippen LogP contribution < -0.4 is 26.3 Å². The summed E-state index contributed by atoms with van der Waals surface area (Å²) in [6.45, 7) is 0. The zero-order valence-corrected chi connectivity index (χ0v) is 12.1. The molecule has 2 rings (SSSR count). The molecule has 0 unspecified atom stereocenters. The van der Waals surface area contributed by atoms with Crippen molar-refractivity contribution in [3.05, 3.63) is 36.5 Å². The molecule has 96 valence electrons.